The zero-order valence-corrected chi connectivity index (χ0v) is 9.86. The Morgan fingerprint density at radius 1 is 1.50 bits per heavy atom. The predicted octanol–water partition coefficient (Wildman–Crippen LogP) is 1.88. The maximum atomic E-state index is 13.1. The van der Waals surface area contributed by atoms with Crippen LogP contribution in [0.1, 0.15) is 47.5 Å². The minimum Gasteiger partial charge on any atom is -0.478 e. The standard InChI is InChI=1S/C13H14FNO3/c14-7-13(3-4-13)15-6-9(12(17)18)5-10(11(15)16)8-1-2-8/h5-6,8H,1-4,7H2,(H,17,18). The molecule has 0 atom stereocenters. The molecule has 0 bridgehead atoms. The second kappa shape index (κ2) is 3.67. The van der Waals surface area contributed by atoms with E-state index >= 15 is 0 Å². The molecule has 0 amide bonds. The van der Waals surface area contributed by atoms with E-state index < -0.39 is 18.2 Å². The van der Waals surface area contributed by atoms with Crippen LogP contribution in [0.5, 0.6) is 0 Å². The van der Waals surface area contributed by atoms with Crippen LogP contribution < -0.4 is 5.56 Å². The van der Waals surface area contributed by atoms with Crippen molar-refractivity contribution in [1.82, 2.24) is 4.57 Å². The Kier molecular flexibility index (Phi) is 2.33. The van der Waals surface area contributed by atoms with E-state index in [1.807, 2.05) is 0 Å². The number of hydrogen-bond donors (Lipinski definition) is 1. The predicted molar refractivity (Wildman–Crippen MR) is 62.8 cm³/mol. The first-order chi connectivity index (χ1) is 8.57. The van der Waals surface area contributed by atoms with Crippen LogP contribution in [-0.2, 0) is 5.54 Å². The van der Waals surface area contributed by atoms with Gasteiger partial charge in [-0.05, 0) is 37.7 Å². The van der Waals surface area contributed by atoms with Crippen LogP contribution in [0.15, 0.2) is 17.1 Å². The van der Waals surface area contributed by atoms with Gasteiger partial charge in [0.15, 0.2) is 0 Å². The van der Waals surface area contributed by atoms with Crippen LogP contribution >= 0.6 is 0 Å². The SMILES string of the molecule is O=C(O)c1cc(C2CC2)c(=O)n(C2(CF)CC2)c1. The molecule has 1 aromatic heterocycles. The average molecular weight is 251 g/mol. The molecule has 2 saturated carbocycles. The molecule has 0 saturated heterocycles. The van der Waals surface area contributed by atoms with E-state index in [9.17, 15) is 14.0 Å². The molecule has 2 aliphatic carbocycles. The number of aromatic nitrogens is 1. The van der Waals surface area contributed by atoms with Crippen molar-refractivity contribution in [2.75, 3.05) is 6.67 Å². The van der Waals surface area contributed by atoms with Crippen LogP contribution in [0, 0.1) is 0 Å². The summed E-state index contributed by atoms with van der Waals surface area (Å²) in [7, 11) is 0. The van der Waals surface area contributed by atoms with Crippen molar-refractivity contribution in [3.8, 4) is 0 Å². The van der Waals surface area contributed by atoms with Crippen LogP contribution in [0.25, 0.3) is 0 Å². The molecule has 4 nitrogen and oxygen atoms in total. The van der Waals surface area contributed by atoms with Gasteiger partial charge >= 0.3 is 5.97 Å². The van der Waals surface area contributed by atoms with Gasteiger partial charge in [-0.1, -0.05) is 0 Å². The highest BCUT2D eigenvalue weighted by atomic mass is 19.1. The second-order valence-corrected chi connectivity index (χ2v) is 5.30. The first-order valence-corrected chi connectivity index (χ1v) is 6.14. The fourth-order valence-electron chi connectivity index (χ4n) is 2.34. The summed E-state index contributed by atoms with van der Waals surface area (Å²) < 4.78 is 14.4. The second-order valence-electron chi connectivity index (χ2n) is 5.30. The van der Waals surface area contributed by atoms with Gasteiger partial charge in [-0.25, -0.2) is 9.18 Å². The molecule has 2 fully saturated rings. The van der Waals surface area contributed by atoms with Crippen molar-refractivity contribution >= 4 is 5.97 Å². The molecule has 1 aromatic rings. The van der Waals surface area contributed by atoms with Gasteiger partial charge in [-0.15, -0.1) is 0 Å². The Balaban J connectivity index is 2.17. The number of carbonyl (C=O) groups is 1. The van der Waals surface area contributed by atoms with Crippen LogP contribution in [0.3, 0.4) is 0 Å². The number of nitrogens with zero attached hydrogens (tertiary/aromatic N) is 1. The highest BCUT2D eigenvalue weighted by molar-refractivity contribution is 5.87. The summed E-state index contributed by atoms with van der Waals surface area (Å²) in [6, 6.07) is 1.45. The van der Waals surface area contributed by atoms with Gasteiger partial charge in [-0.2, -0.15) is 0 Å². The summed E-state index contributed by atoms with van der Waals surface area (Å²) in [6.45, 7) is -0.611. The highest BCUT2D eigenvalue weighted by Crippen LogP contribution is 2.44. The summed E-state index contributed by atoms with van der Waals surface area (Å²) in [5.74, 6) is -0.904. The lowest BCUT2D eigenvalue weighted by Gasteiger charge is -2.17. The molecule has 5 heteroatoms. The molecular formula is C13H14FNO3. The smallest absolute Gasteiger partial charge is 0.337 e. The normalized spacial score (nSPS) is 20.7. The monoisotopic (exact) mass is 251 g/mol. The molecular weight excluding hydrogens is 237 g/mol. The quantitative estimate of drug-likeness (QED) is 0.888. The molecule has 3 rings (SSSR count). The van der Waals surface area contributed by atoms with Gasteiger partial charge in [0.2, 0.25) is 0 Å². The first-order valence-electron chi connectivity index (χ1n) is 6.14. The highest BCUT2D eigenvalue weighted by Gasteiger charge is 2.46. The average Bonchev–Trinajstić information content (AvgIpc) is 3.23. The van der Waals surface area contributed by atoms with Gasteiger partial charge in [0, 0.05) is 11.8 Å². The summed E-state index contributed by atoms with van der Waals surface area (Å²) >= 11 is 0. The van der Waals surface area contributed by atoms with Gasteiger partial charge in [0.05, 0.1) is 11.1 Å². The number of pyridine rings is 1. The Hall–Kier alpha value is -1.65. The van der Waals surface area contributed by atoms with Crippen molar-refractivity contribution in [2.24, 2.45) is 0 Å². The lowest BCUT2D eigenvalue weighted by Crippen LogP contribution is -2.34. The third-order valence-electron chi connectivity index (χ3n) is 3.90. The third-order valence-corrected chi connectivity index (χ3v) is 3.90. The Labute approximate surface area is 103 Å². The number of aromatic carboxylic acids is 1. The first kappa shape index (κ1) is 11.4. The number of halogens is 1. The van der Waals surface area contributed by atoms with Crippen LogP contribution in [0.2, 0.25) is 0 Å². The van der Waals surface area contributed by atoms with Crippen molar-refractivity contribution < 1.29 is 14.3 Å². The molecule has 1 heterocycles. The summed E-state index contributed by atoms with van der Waals surface area (Å²) in [5, 5.41) is 9.08. The fourth-order valence-corrected chi connectivity index (χ4v) is 2.34. The van der Waals surface area contributed by atoms with Crippen molar-refractivity contribution in [1.29, 1.82) is 0 Å². The Morgan fingerprint density at radius 2 is 2.17 bits per heavy atom. The lowest BCUT2D eigenvalue weighted by molar-refractivity contribution is 0.0695. The lowest BCUT2D eigenvalue weighted by atomic mass is 10.1. The molecule has 2 aliphatic rings. The largest absolute Gasteiger partial charge is 0.478 e. The van der Waals surface area contributed by atoms with E-state index in [4.69, 9.17) is 5.11 Å². The number of alkyl halides is 1. The number of rotatable bonds is 4. The number of carboxylic acid groups (broad SMARTS) is 1. The Morgan fingerprint density at radius 3 is 2.61 bits per heavy atom. The number of hydrogen-bond acceptors (Lipinski definition) is 2. The summed E-state index contributed by atoms with van der Waals surface area (Å²) in [5.41, 5.74) is -0.366. The number of carboxylic acids is 1. The van der Waals surface area contributed by atoms with Gasteiger partial charge in [-0.3, -0.25) is 4.79 Å². The van der Waals surface area contributed by atoms with Gasteiger partial charge in [0.1, 0.15) is 6.67 Å². The van der Waals surface area contributed by atoms with E-state index in [0.717, 1.165) is 12.8 Å². The van der Waals surface area contributed by atoms with Crippen molar-refractivity contribution in [2.45, 2.75) is 37.1 Å². The maximum absolute atomic E-state index is 13.1. The molecule has 0 spiro atoms. The molecule has 0 radical (unpaired) electrons. The van der Waals surface area contributed by atoms with Gasteiger partial charge in [0.25, 0.3) is 5.56 Å². The molecule has 0 aromatic carbocycles. The topological polar surface area (TPSA) is 59.3 Å². The van der Waals surface area contributed by atoms with Crippen molar-refractivity contribution in [3.63, 3.8) is 0 Å². The van der Waals surface area contributed by atoms with E-state index in [0.29, 0.717) is 18.4 Å². The van der Waals surface area contributed by atoms with Crippen molar-refractivity contribution in [3.05, 3.63) is 33.7 Å². The van der Waals surface area contributed by atoms with Crippen LogP contribution in [0.4, 0.5) is 4.39 Å². The van der Waals surface area contributed by atoms with E-state index in [2.05, 4.69) is 0 Å². The summed E-state index contributed by atoms with van der Waals surface area (Å²) in [4.78, 5) is 23.4. The minimum atomic E-state index is -1.07. The molecule has 96 valence electrons. The fraction of sp³-hybridized carbons (Fsp3) is 0.538. The minimum absolute atomic E-state index is 0.0798. The van der Waals surface area contributed by atoms with E-state index in [-0.39, 0.29) is 17.0 Å². The summed E-state index contributed by atoms with van der Waals surface area (Å²) in [6.07, 6.45) is 4.35. The molecule has 0 aliphatic heterocycles. The Bertz CT molecular complexity index is 570. The molecule has 1 N–H and O–H groups in total. The van der Waals surface area contributed by atoms with Crippen LogP contribution in [-0.4, -0.2) is 22.3 Å². The third kappa shape index (κ3) is 1.65. The zero-order chi connectivity index (χ0) is 12.9. The maximum Gasteiger partial charge on any atom is 0.337 e. The molecule has 0 unspecified atom stereocenters. The zero-order valence-electron chi connectivity index (χ0n) is 9.86. The molecule has 18 heavy (non-hydrogen) atoms. The van der Waals surface area contributed by atoms with Gasteiger partial charge < -0.3 is 9.67 Å². The van der Waals surface area contributed by atoms with E-state index in [1.165, 1.54) is 16.8 Å². The van der Waals surface area contributed by atoms with E-state index in [1.54, 1.807) is 0 Å².